The van der Waals surface area contributed by atoms with Crippen LogP contribution in [-0.2, 0) is 20.9 Å². The Morgan fingerprint density at radius 2 is 1.79 bits per heavy atom. The Morgan fingerprint density at radius 1 is 0.977 bits per heavy atom. The number of thiazole rings is 1. The topological polar surface area (TPSA) is 112 Å². The van der Waals surface area contributed by atoms with Gasteiger partial charge in [-0.15, -0.1) is 0 Å². The fourth-order valence-electron chi connectivity index (χ4n) is 6.43. The maximum atomic E-state index is 13.0. The summed E-state index contributed by atoms with van der Waals surface area (Å²) in [5.41, 5.74) is 3.14. The number of nitrogens with one attached hydrogen (secondary N) is 2. The van der Waals surface area contributed by atoms with Gasteiger partial charge in [-0.25, -0.2) is 4.98 Å². The minimum atomic E-state index is -0.657. The van der Waals surface area contributed by atoms with Crippen LogP contribution in [0.4, 0.5) is 10.8 Å². The number of hydrogen-bond donors (Lipinski definition) is 2. The predicted octanol–water partition coefficient (Wildman–Crippen LogP) is 4.97. The van der Waals surface area contributed by atoms with Crippen LogP contribution in [0, 0.1) is 5.92 Å². The number of aromatic nitrogens is 1. The third-order valence-electron chi connectivity index (χ3n) is 8.71. The molecule has 43 heavy (non-hydrogen) atoms. The van der Waals surface area contributed by atoms with E-state index < -0.39 is 11.9 Å². The Bertz CT molecular complexity index is 1750. The van der Waals surface area contributed by atoms with E-state index in [4.69, 9.17) is 4.98 Å². The number of hydrogen-bond acceptors (Lipinski definition) is 7. The minimum Gasteiger partial charge on any atom is -0.348 e. The number of imide groups is 1. The third kappa shape index (κ3) is 5.38. The van der Waals surface area contributed by atoms with Gasteiger partial charge in [0.1, 0.15) is 6.04 Å². The second-order valence-corrected chi connectivity index (χ2v) is 12.5. The van der Waals surface area contributed by atoms with Crippen molar-refractivity contribution in [2.75, 3.05) is 23.3 Å². The standard InChI is InChI=1S/C33H31N5O4S/c39-29-11-10-27(31(41)36-29)38-19-22-17-23(8-9-25(22)32(38)42)35-30(40)16-20-12-14-37(15-13-20)33-34-18-28(43-33)26-7-3-5-21-4-1-2-6-24(21)26/h1-9,17-18,20,27H,10-16,19H2,(H,35,40)(H,36,39,41). The maximum Gasteiger partial charge on any atom is 0.255 e. The van der Waals surface area contributed by atoms with Crippen LogP contribution in [0.3, 0.4) is 0 Å². The zero-order valence-electron chi connectivity index (χ0n) is 23.5. The van der Waals surface area contributed by atoms with Gasteiger partial charge in [0.05, 0.1) is 4.88 Å². The average molecular weight is 594 g/mol. The Morgan fingerprint density at radius 3 is 2.63 bits per heavy atom. The first-order chi connectivity index (χ1) is 20.9. The van der Waals surface area contributed by atoms with Gasteiger partial charge in [0.2, 0.25) is 17.7 Å². The van der Waals surface area contributed by atoms with Crippen LogP contribution in [-0.4, -0.2) is 52.6 Å². The van der Waals surface area contributed by atoms with Crippen LogP contribution >= 0.6 is 11.3 Å². The first-order valence-corrected chi connectivity index (χ1v) is 15.5. The van der Waals surface area contributed by atoms with Crippen molar-refractivity contribution in [3.63, 3.8) is 0 Å². The fourth-order valence-corrected chi connectivity index (χ4v) is 7.44. The second kappa shape index (κ2) is 11.3. The van der Waals surface area contributed by atoms with Crippen molar-refractivity contribution < 1.29 is 19.2 Å². The molecule has 4 amide bonds. The van der Waals surface area contributed by atoms with Gasteiger partial charge in [0.15, 0.2) is 5.13 Å². The van der Waals surface area contributed by atoms with E-state index in [1.165, 1.54) is 21.2 Å². The molecule has 3 aliphatic heterocycles. The number of fused-ring (bicyclic) bond motifs is 2. The van der Waals surface area contributed by atoms with Crippen LogP contribution < -0.4 is 15.5 Å². The summed E-state index contributed by atoms with van der Waals surface area (Å²) in [5.74, 6) is -0.726. The summed E-state index contributed by atoms with van der Waals surface area (Å²) in [4.78, 5) is 59.4. The van der Waals surface area contributed by atoms with Crippen molar-refractivity contribution >= 4 is 56.6 Å². The lowest BCUT2D eigenvalue weighted by Gasteiger charge is -2.31. The molecular weight excluding hydrogens is 562 g/mol. The SMILES string of the molecule is O=C1CCC(N2Cc3cc(NC(=O)CC4CCN(c5ncc(-c6cccc7ccccc67)s5)CC4)ccc3C2=O)C(=O)N1. The first kappa shape index (κ1) is 27.3. The molecule has 0 bridgehead atoms. The quantitative estimate of drug-likeness (QED) is 0.306. The van der Waals surface area contributed by atoms with Crippen molar-refractivity contribution in [2.45, 2.75) is 44.7 Å². The molecule has 9 nitrogen and oxygen atoms in total. The first-order valence-electron chi connectivity index (χ1n) is 14.7. The zero-order chi connectivity index (χ0) is 29.5. The summed E-state index contributed by atoms with van der Waals surface area (Å²) in [5, 5.41) is 8.79. The van der Waals surface area contributed by atoms with E-state index in [9.17, 15) is 19.2 Å². The van der Waals surface area contributed by atoms with E-state index >= 15 is 0 Å². The second-order valence-electron chi connectivity index (χ2n) is 11.5. The monoisotopic (exact) mass is 593 g/mol. The summed E-state index contributed by atoms with van der Waals surface area (Å²) >= 11 is 1.71. The highest BCUT2D eigenvalue weighted by Crippen LogP contribution is 2.37. The molecule has 3 aromatic carbocycles. The lowest BCUT2D eigenvalue weighted by atomic mass is 9.93. The van der Waals surface area contributed by atoms with Crippen molar-refractivity contribution in [3.8, 4) is 10.4 Å². The van der Waals surface area contributed by atoms with E-state index in [0.717, 1.165) is 41.5 Å². The molecule has 3 aliphatic rings. The van der Waals surface area contributed by atoms with Crippen LogP contribution in [0.15, 0.2) is 66.9 Å². The Balaban J connectivity index is 0.932. The lowest BCUT2D eigenvalue weighted by Crippen LogP contribution is -2.52. The molecule has 218 valence electrons. The number of amides is 4. The predicted molar refractivity (Wildman–Crippen MR) is 166 cm³/mol. The van der Waals surface area contributed by atoms with Crippen LogP contribution in [0.1, 0.15) is 48.0 Å². The number of piperidine rings is 2. The Kier molecular flexibility index (Phi) is 7.14. The van der Waals surface area contributed by atoms with Crippen LogP contribution in [0.25, 0.3) is 21.2 Å². The highest BCUT2D eigenvalue weighted by Gasteiger charge is 2.39. The molecule has 0 spiro atoms. The van der Waals surface area contributed by atoms with E-state index in [1.807, 2.05) is 12.3 Å². The molecule has 2 N–H and O–H groups in total. The molecule has 0 radical (unpaired) electrons. The van der Waals surface area contributed by atoms with Crippen molar-refractivity contribution in [1.82, 2.24) is 15.2 Å². The number of carbonyl (C=O) groups is 4. The van der Waals surface area contributed by atoms with Gasteiger partial charge in [-0.1, -0.05) is 53.8 Å². The van der Waals surface area contributed by atoms with E-state index in [2.05, 4.69) is 58.0 Å². The molecule has 4 heterocycles. The van der Waals surface area contributed by atoms with E-state index in [-0.39, 0.29) is 36.6 Å². The lowest BCUT2D eigenvalue weighted by molar-refractivity contribution is -0.137. The molecule has 7 rings (SSSR count). The highest BCUT2D eigenvalue weighted by atomic mass is 32.1. The molecule has 4 aromatic rings. The average Bonchev–Trinajstić information content (AvgIpc) is 3.62. The van der Waals surface area contributed by atoms with Gasteiger partial charge < -0.3 is 15.1 Å². The van der Waals surface area contributed by atoms with Crippen molar-refractivity contribution in [2.24, 2.45) is 5.92 Å². The van der Waals surface area contributed by atoms with Gasteiger partial charge >= 0.3 is 0 Å². The van der Waals surface area contributed by atoms with E-state index in [1.54, 1.807) is 23.5 Å². The molecule has 2 saturated heterocycles. The largest absolute Gasteiger partial charge is 0.348 e. The maximum absolute atomic E-state index is 13.0. The molecule has 1 aromatic heterocycles. The van der Waals surface area contributed by atoms with Crippen LogP contribution in [0.2, 0.25) is 0 Å². The number of anilines is 2. The van der Waals surface area contributed by atoms with Crippen molar-refractivity contribution in [1.29, 1.82) is 0 Å². The summed E-state index contributed by atoms with van der Waals surface area (Å²) in [6.07, 6.45) is 4.76. The normalized spacial score (nSPS) is 19.1. The van der Waals surface area contributed by atoms with Gasteiger partial charge in [0, 0.05) is 55.5 Å². The Hall–Kier alpha value is -4.57. The van der Waals surface area contributed by atoms with Gasteiger partial charge in [0.25, 0.3) is 5.91 Å². The third-order valence-corrected chi connectivity index (χ3v) is 9.81. The van der Waals surface area contributed by atoms with Gasteiger partial charge in [-0.3, -0.25) is 24.5 Å². The zero-order valence-corrected chi connectivity index (χ0v) is 24.4. The van der Waals surface area contributed by atoms with Crippen molar-refractivity contribution in [3.05, 3.63) is 78.0 Å². The summed E-state index contributed by atoms with van der Waals surface area (Å²) in [7, 11) is 0. The fraction of sp³-hybridized carbons (Fsp3) is 0.303. The molecule has 2 fully saturated rings. The summed E-state index contributed by atoms with van der Waals surface area (Å²) < 4.78 is 0. The number of benzene rings is 3. The van der Waals surface area contributed by atoms with Crippen LogP contribution in [0.5, 0.6) is 0 Å². The number of rotatable bonds is 6. The molecule has 10 heteroatoms. The van der Waals surface area contributed by atoms with E-state index in [0.29, 0.717) is 24.1 Å². The summed E-state index contributed by atoms with van der Waals surface area (Å²) in [6, 6.07) is 19.4. The highest BCUT2D eigenvalue weighted by molar-refractivity contribution is 7.19. The summed E-state index contributed by atoms with van der Waals surface area (Å²) in [6.45, 7) is 2.00. The minimum absolute atomic E-state index is 0.0442. The molecule has 0 saturated carbocycles. The number of carbonyl (C=O) groups excluding carboxylic acids is 4. The Labute approximate surface area is 252 Å². The molecule has 1 atom stereocenters. The number of nitrogens with zero attached hydrogens (tertiary/aromatic N) is 3. The smallest absolute Gasteiger partial charge is 0.255 e. The molecular formula is C33H31N5O4S. The molecule has 1 unspecified atom stereocenters. The van der Waals surface area contributed by atoms with Gasteiger partial charge in [-0.05, 0) is 59.7 Å². The molecule has 0 aliphatic carbocycles. The van der Waals surface area contributed by atoms with Gasteiger partial charge in [-0.2, -0.15) is 0 Å².